The first-order valence-electron chi connectivity index (χ1n) is 10.4. The third-order valence-corrected chi connectivity index (χ3v) is 6.76. The SMILES string of the molecule is O=C(N=Nc1c(O)[nH]c2ccccc12)c1ccc([C@H]2SCC(=O)N2Cc2ccccc2)cc1. The molecule has 0 saturated carbocycles. The van der Waals surface area contributed by atoms with Gasteiger partial charge in [-0.15, -0.1) is 22.0 Å². The van der Waals surface area contributed by atoms with Crippen molar-refractivity contribution in [3.63, 3.8) is 0 Å². The van der Waals surface area contributed by atoms with Crippen molar-refractivity contribution in [1.82, 2.24) is 9.88 Å². The van der Waals surface area contributed by atoms with Crippen molar-refractivity contribution in [2.75, 3.05) is 5.75 Å². The van der Waals surface area contributed by atoms with Crippen LogP contribution in [0, 0.1) is 0 Å². The molecule has 1 aliphatic heterocycles. The predicted molar refractivity (Wildman–Crippen MR) is 127 cm³/mol. The molecular formula is C25H20N4O3S. The minimum Gasteiger partial charge on any atom is -0.493 e. The normalized spacial score (nSPS) is 16.2. The Labute approximate surface area is 194 Å². The lowest BCUT2D eigenvalue weighted by Gasteiger charge is -2.24. The van der Waals surface area contributed by atoms with Gasteiger partial charge in [0, 0.05) is 17.5 Å². The smallest absolute Gasteiger partial charge is 0.295 e. The Morgan fingerprint density at radius 1 is 1.03 bits per heavy atom. The van der Waals surface area contributed by atoms with Crippen LogP contribution in [-0.4, -0.2) is 32.6 Å². The molecule has 5 rings (SSSR count). The molecule has 2 N–H and O–H groups in total. The topological polar surface area (TPSA) is 98.1 Å². The fourth-order valence-electron chi connectivity index (χ4n) is 3.84. The zero-order valence-electron chi connectivity index (χ0n) is 17.5. The number of nitrogens with one attached hydrogen (secondary N) is 1. The second-order valence-electron chi connectivity index (χ2n) is 7.67. The van der Waals surface area contributed by atoms with Gasteiger partial charge < -0.3 is 15.0 Å². The van der Waals surface area contributed by atoms with Crippen LogP contribution >= 0.6 is 11.8 Å². The summed E-state index contributed by atoms with van der Waals surface area (Å²) in [5, 5.41) is 18.4. The maximum absolute atomic E-state index is 12.6. The lowest BCUT2D eigenvalue weighted by atomic mass is 10.1. The number of fused-ring (bicyclic) bond motifs is 1. The number of carbonyl (C=O) groups excluding carboxylic acids is 2. The number of azo groups is 1. The van der Waals surface area contributed by atoms with Crippen LogP contribution in [0.2, 0.25) is 0 Å². The number of thioether (sulfide) groups is 1. The highest BCUT2D eigenvalue weighted by Gasteiger charge is 2.32. The van der Waals surface area contributed by atoms with Gasteiger partial charge >= 0.3 is 0 Å². The highest BCUT2D eigenvalue weighted by Crippen LogP contribution is 2.40. The van der Waals surface area contributed by atoms with E-state index in [9.17, 15) is 14.7 Å². The number of H-pyrrole nitrogens is 1. The van der Waals surface area contributed by atoms with Crippen LogP contribution < -0.4 is 0 Å². The molecule has 4 aromatic rings. The number of hydrogen-bond donors (Lipinski definition) is 2. The van der Waals surface area contributed by atoms with E-state index in [1.165, 1.54) is 0 Å². The fourth-order valence-corrected chi connectivity index (χ4v) is 5.03. The molecule has 8 heteroatoms. The lowest BCUT2D eigenvalue weighted by molar-refractivity contribution is -0.128. The second-order valence-corrected chi connectivity index (χ2v) is 8.73. The van der Waals surface area contributed by atoms with Gasteiger partial charge in [0.25, 0.3) is 5.91 Å². The first kappa shape index (κ1) is 21.0. The zero-order valence-corrected chi connectivity index (χ0v) is 18.3. The molecule has 3 aromatic carbocycles. The first-order valence-corrected chi connectivity index (χ1v) is 11.5. The quantitative estimate of drug-likeness (QED) is 0.384. The summed E-state index contributed by atoms with van der Waals surface area (Å²) in [7, 11) is 0. The number of rotatable bonds is 5. The van der Waals surface area contributed by atoms with E-state index < -0.39 is 5.91 Å². The van der Waals surface area contributed by atoms with E-state index in [0.29, 0.717) is 28.8 Å². The second kappa shape index (κ2) is 8.91. The number of aromatic nitrogens is 1. The summed E-state index contributed by atoms with van der Waals surface area (Å²) in [5.74, 6) is -0.117. The summed E-state index contributed by atoms with van der Waals surface area (Å²) in [5.41, 5.74) is 3.35. The van der Waals surface area contributed by atoms with E-state index >= 15 is 0 Å². The van der Waals surface area contributed by atoms with Gasteiger partial charge in [-0.25, -0.2) is 0 Å². The van der Waals surface area contributed by atoms with E-state index in [2.05, 4.69) is 15.2 Å². The summed E-state index contributed by atoms with van der Waals surface area (Å²) in [4.78, 5) is 29.7. The highest BCUT2D eigenvalue weighted by atomic mass is 32.2. The molecule has 0 radical (unpaired) electrons. The van der Waals surface area contributed by atoms with Crippen LogP contribution in [0.3, 0.4) is 0 Å². The Balaban J connectivity index is 1.32. The molecule has 1 aromatic heterocycles. The number of aromatic amines is 1. The molecule has 0 spiro atoms. The molecule has 1 saturated heterocycles. The van der Waals surface area contributed by atoms with Gasteiger partial charge in [-0.2, -0.15) is 0 Å². The Bertz CT molecular complexity index is 1350. The van der Waals surface area contributed by atoms with E-state index in [-0.39, 0.29) is 22.8 Å². The van der Waals surface area contributed by atoms with Crippen molar-refractivity contribution >= 4 is 40.2 Å². The van der Waals surface area contributed by atoms with Crippen molar-refractivity contribution in [2.45, 2.75) is 11.9 Å². The minimum atomic E-state index is -0.512. The summed E-state index contributed by atoms with van der Waals surface area (Å²) >= 11 is 1.57. The molecule has 1 fully saturated rings. The van der Waals surface area contributed by atoms with E-state index in [1.54, 1.807) is 30.0 Å². The van der Waals surface area contributed by atoms with Gasteiger partial charge in [0.2, 0.25) is 11.8 Å². The van der Waals surface area contributed by atoms with Crippen molar-refractivity contribution in [3.05, 3.63) is 95.6 Å². The number of carbonyl (C=O) groups is 2. The van der Waals surface area contributed by atoms with Crippen LogP contribution in [0.15, 0.2) is 89.1 Å². The summed E-state index contributed by atoms with van der Waals surface area (Å²) < 4.78 is 0. The molecule has 0 aliphatic carbocycles. The van der Waals surface area contributed by atoms with Gasteiger partial charge in [-0.05, 0) is 29.3 Å². The largest absolute Gasteiger partial charge is 0.493 e. The van der Waals surface area contributed by atoms with Crippen LogP contribution in [0.5, 0.6) is 5.88 Å². The minimum absolute atomic E-state index is 0.0985. The average molecular weight is 457 g/mol. The molecular weight excluding hydrogens is 436 g/mol. The van der Waals surface area contributed by atoms with E-state index in [0.717, 1.165) is 11.1 Å². The monoisotopic (exact) mass is 456 g/mol. The van der Waals surface area contributed by atoms with E-state index in [4.69, 9.17) is 0 Å². The standard InChI is InChI=1S/C25H20N4O3S/c30-21-15-33-25(29(21)14-16-6-2-1-3-7-16)18-12-10-17(11-13-18)23(31)28-27-22-19-8-4-5-9-20(19)26-24(22)32/h1-13,25-26,32H,14-15H2/t25-/m1/s1. The molecule has 1 aliphatic rings. The average Bonchev–Trinajstić information content (AvgIpc) is 3.37. The molecule has 2 heterocycles. The van der Waals surface area contributed by atoms with Gasteiger partial charge in [0.05, 0.1) is 11.3 Å². The van der Waals surface area contributed by atoms with Gasteiger partial charge in [-0.3, -0.25) is 9.59 Å². The van der Waals surface area contributed by atoms with Crippen LogP contribution in [-0.2, 0) is 11.3 Å². The number of hydrogen-bond acceptors (Lipinski definition) is 5. The van der Waals surface area contributed by atoms with Crippen LogP contribution in [0.1, 0.15) is 26.9 Å². The highest BCUT2D eigenvalue weighted by molar-refractivity contribution is 8.00. The third kappa shape index (κ3) is 4.25. The molecule has 0 unspecified atom stereocenters. The first-order chi connectivity index (χ1) is 16.1. The number of nitrogens with zero attached hydrogens (tertiary/aromatic N) is 3. The maximum atomic E-state index is 12.6. The zero-order chi connectivity index (χ0) is 22.8. The molecule has 7 nitrogen and oxygen atoms in total. The molecule has 2 amide bonds. The van der Waals surface area contributed by atoms with Gasteiger partial charge in [-0.1, -0.05) is 60.7 Å². The Morgan fingerprint density at radius 3 is 2.55 bits per heavy atom. The third-order valence-electron chi connectivity index (χ3n) is 5.51. The number of benzene rings is 3. The van der Waals surface area contributed by atoms with Crippen molar-refractivity contribution in [3.8, 4) is 5.88 Å². The summed E-state index contributed by atoms with van der Waals surface area (Å²) in [6.07, 6.45) is 0. The van der Waals surface area contributed by atoms with E-state index in [1.807, 2.05) is 65.6 Å². The Kier molecular flexibility index (Phi) is 5.66. The predicted octanol–water partition coefficient (Wildman–Crippen LogP) is 5.57. The summed E-state index contributed by atoms with van der Waals surface area (Å²) in [6, 6.07) is 24.2. The lowest BCUT2D eigenvalue weighted by Crippen LogP contribution is -2.27. The molecule has 33 heavy (non-hydrogen) atoms. The van der Waals surface area contributed by atoms with Crippen molar-refractivity contribution in [2.24, 2.45) is 10.2 Å². The number of aromatic hydroxyl groups is 1. The maximum Gasteiger partial charge on any atom is 0.295 e. The Hall–Kier alpha value is -3.91. The summed E-state index contributed by atoms with van der Waals surface area (Å²) in [6.45, 7) is 0.542. The number of amides is 2. The Morgan fingerprint density at radius 2 is 1.76 bits per heavy atom. The molecule has 164 valence electrons. The van der Waals surface area contributed by atoms with Crippen LogP contribution in [0.4, 0.5) is 5.69 Å². The fraction of sp³-hybridized carbons (Fsp3) is 0.120. The van der Waals surface area contributed by atoms with Gasteiger partial charge in [0.15, 0.2) is 5.69 Å². The molecule has 0 bridgehead atoms. The number of para-hydroxylation sites is 1. The molecule has 1 atom stereocenters. The van der Waals surface area contributed by atoms with Crippen molar-refractivity contribution < 1.29 is 14.7 Å². The van der Waals surface area contributed by atoms with Gasteiger partial charge in [0.1, 0.15) is 5.37 Å². The van der Waals surface area contributed by atoms with Crippen molar-refractivity contribution in [1.29, 1.82) is 0 Å². The van der Waals surface area contributed by atoms with Crippen LogP contribution in [0.25, 0.3) is 10.9 Å².